The lowest BCUT2D eigenvalue weighted by atomic mass is 10.1. The fourth-order valence-electron chi connectivity index (χ4n) is 2.22. The summed E-state index contributed by atoms with van der Waals surface area (Å²) in [5.74, 6) is 0.852. The number of hydrogen-bond acceptors (Lipinski definition) is 2. The van der Waals surface area contributed by atoms with Gasteiger partial charge >= 0.3 is 0 Å². The van der Waals surface area contributed by atoms with E-state index >= 15 is 0 Å². The molecule has 1 heterocycles. The third-order valence-electron chi connectivity index (χ3n) is 3.11. The third-order valence-corrected chi connectivity index (χ3v) is 3.81. The summed E-state index contributed by atoms with van der Waals surface area (Å²) in [5.41, 5.74) is 2.07. The molecule has 0 atom stereocenters. The number of anilines is 2. The fourth-order valence-corrected chi connectivity index (χ4v) is 2.70. The molecule has 0 aliphatic heterocycles. The summed E-state index contributed by atoms with van der Waals surface area (Å²) in [5, 5.41) is 5.77. The summed E-state index contributed by atoms with van der Waals surface area (Å²) in [4.78, 5) is 4.47. The molecule has 0 radical (unpaired) electrons. The van der Waals surface area contributed by atoms with Crippen LogP contribution in [0.5, 0.6) is 0 Å². The first kappa shape index (κ1) is 12.2. The Morgan fingerprint density at radius 1 is 1.11 bits per heavy atom. The molecule has 0 saturated heterocycles. The van der Waals surface area contributed by atoms with E-state index in [1.54, 1.807) is 0 Å². The molecule has 0 spiro atoms. The Hall–Kier alpha value is -1.81. The van der Waals surface area contributed by atoms with Gasteiger partial charge in [-0.2, -0.15) is 0 Å². The molecule has 19 heavy (non-hydrogen) atoms. The lowest BCUT2D eigenvalue weighted by molar-refractivity contribution is 0.924. The van der Waals surface area contributed by atoms with Crippen LogP contribution >= 0.6 is 15.9 Å². The molecular formula is C15H14BrN3. The van der Waals surface area contributed by atoms with Crippen LogP contribution in [-0.2, 0) is 7.05 Å². The molecule has 0 amide bonds. The van der Waals surface area contributed by atoms with Crippen molar-refractivity contribution in [3.63, 3.8) is 0 Å². The highest BCUT2D eigenvalue weighted by atomic mass is 79.9. The predicted molar refractivity (Wildman–Crippen MR) is 82.9 cm³/mol. The van der Waals surface area contributed by atoms with Gasteiger partial charge in [0.1, 0.15) is 0 Å². The Kier molecular flexibility index (Phi) is 3.03. The SMILES string of the molecule is Cc1cn(C)c(Nc2ccc(Br)c3ccccc23)n1. The highest BCUT2D eigenvalue weighted by Crippen LogP contribution is 2.31. The van der Waals surface area contributed by atoms with Gasteiger partial charge in [0.15, 0.2) is 0 Å². The molecule has 96 valence electrons. The van der Waals surface area contributed by atoms with E-state index in [0.717, 1.165) is 21.8 Å². The molecular weight excluding hydrogens is 302 g/mol. The van der Waals surface area contributed by atoms with Crippen molar-refractivity contribution in [1.82, 2.24) is 9.55 Å². The molecule has 3 nitrogen and oxygen atoms in total. The number of benzene rings is 2. The van der Waals surface area contributed by atoms with Crippen LogP contribution in [0, 0.1) is 6.92 Å². The Morgan fingerprint density at radius 3 is 2.53 bits per heavy atom. The maximum Gasteiger partial charge on any atom is 0.207 e. The molecule has 2 aromatic carbocycles. The maximum atomic E-state index is 4.47. The molecule has 4 heteroatoms. The average molecular weight is 316 g/mol. The summed E-state index contributed by atoms with van der Waals surface area (Å²) in [6, 6.07) is 12.4. The minimum Gasteiger partial charge on any atom is -0.325 e. The van der Waals surface area contributed by atoms with Crippen LogP contribution in [0.2, 0.25) is 0 Å². The van der Waals surface area contributed by atoms with Gasteiger partial charge in [-0.15, -0.1) is 0 Å². The fraction of sp³-hybridized carbons (Fsp3) is 0.133. The minimum absolute atomic E-state index is 0.852. The van der Waals surface area contributed by atoms with Crippen LogP contribution in [0.25, 0.3) is 10.8 Å². The Bertz CT molecular complexity index is 746. The molecule has 0 fully saturated rings. The molecule has 0 aliphatic carbocycles. The summed E-state index contributed by atoms with van der Waals surface area (Å²) >= 11 is 3.59. The van der Waals surface area contributed by atoms with Crippen LogP contribution < -0.4 is 5.32 Å². The number of nitrogens with zero attached hydrogens (tertiary/aromatic N) is 2. The van der Waals surface area contributed by atoms with Gasteiger partial charge in [0, 0.05) is 28.8 Å². The Balaban J connectivity index is 2.11. The second-order valence-electron chi connectivity index (χ2n) is 4.58. The van der Waals surface area contributed by atoms with Crippen molar-refractivity contribution in [3.8, 4) is 0 Å². The number of imidazole rings is 1. The van der Waals surface area contributed by atoms with Crippen molar-refractivity contribution in [1.29, 1.82) is 0 Å². The normalized spacial score (nSPS) is 10.9. The first-order valence-electron chi connectivity index (χ1n) is 6.09. The summed E-state index contributed by atoms with van der Waals surface area (Å²) < 4.78 is 3.09. The molecule has 1 aromatic heterocycles. The highest BCUT2D eigenvalue weighted by molar-refractivity contribution is 9.10. The van der Waals surface area contributed by atoms with Crippen molar-refractivity contribution in [3.05, 3.63) is 52.8 Å². The lowest BCUT2D eigenvalue weighted by Gasteiger charge is -2.10. The quantitative estimate of drug-likeness (QED) is 0.760. The van der Waals surface area contributed by atoms with Crippen molar-refractivity contribution < 1.29 is 0 Å². The van der Waals surface area contributed by atoms with Crippen LogP contribution in [0.4, 0.5) is 11.6 Å². The topological polar surface area (TPSA) is 29.9 Å². The standard InChI is InChI=1S/C15H14BrN3/c1-10-9-19(2)15(17-10)18-14-8-7-13(16)11-5-3-4-6-12(11)14/h3-9H,1-2H3,(H,17,18). The molecule has 0 unspecified atom stereocenters. The van der Waals surface area contributed by atoms with E-state index in [1.807, 2.05) is 36.9 Å². The van der Waals surface area contributed by atoms with Crippen molar-refractivity contribution in [2.45, 2.75) is 6.92 Å². The first-order chi connectivity index (χ1) is 9.15. The average Bonchev–Trinajstić information content (AvgIpc) is 2.72. The molecule has 3 aromatic rings. The number of rotatable bonds is 2. The number of aromatic nitrogens is 2. The smallest absolute Gasteiger partial charge is 0.207 e. The number of hydrogen-bond donors (Lipinski definition) is 1. The van der Waals surface area contributed by atoms with Gasteiger partial charge in [-0.05, 0) is 24.4 Å². The van der Waals surface area contributed by atoms with Gasteiger partial charge in [0.2, 0.25) is 5.95 Å². The number of aryl methyl sites for hydroxylation is 2. The van der Waals surface area contributed by atoms with Gasteiger partial charge in [-0.3, -0.25) is 0 Å². The molecule has 0 bridgehead atoms. The van der Waals surface area contributed by atoms with Gasteiger partial charge in [0.25, 0.3) is 0 Å². The molecule has 0 saturated carbocycles. The minimum atomic E-state index is 0.852. The van der Waals surface area contributed by atoms with Gasteiger partial charge < -0.3 is 9.88 Å². The maximum absolute atomic E-state index is 4.47. The van der Waals surface area contributed by atoms with E-state index in [4.69, 9.17) is 0 Å². The zero-order valence-corrected chi connectivity index (χ0v) is 12.4. The van der Waals surface area contributed by atoms with E-state index < -0.39 is 0 Å². The van der Waals surface area contributed by atoms with Crippen LogP contribution in [0.15, 0.2) is 47.1 Å². The van der Waals surface area contributed by atoms with Crippen molar-refractivity contribution in [2.75, 3.05) is 5.32 Å². The Labute approximate surface area is 120 Å². The zero-order chi connectivity index (χ0) is 13.4. The van der Waals surface area contributed by atoms with Crippen LogP contribution in [0.1, 0.15) is 5.69 Å². The third kappa shape index (κ3) is 2.24. The second-order valence-corrected chi connectivity index (χ2v) is 5.44. The largest absolute Gasteiger partial charge is 0.325 e. The van der Waals surface area contributed by atoms with E-state index in [2.05, 4.69) is 50.5 Å². The second kappa shape index (κ2) is 4.70. The highest BCUT2D eigenvalue weighted by Gasteiger charge is 2.07. The summed E-state index contributed by atoms with van der Waals surface area (Å²) in [6.45, 7) is 1.99. The van der Waals surface area contributed by atoms with Gasteiger partial charge in [0.05, 0.1) is 5.69 Å². The van der Waals surface area contributed by atoms with Crippen molar-refractivity contribution >= 4 is 38.3 Å². The lowest BCUT2D eigenvalue weighted by Crippen LogP contribution is -1.99. The Morgan fingerprint density at radius 2 is 1.84 bits per heavy atom. The number of fused-ring (bicyclic) bond motifs is 1. The molecule has 3 rings (SSSR count). The zero-order valence-electron chi connectivity index (χ0n) is 10.8. The molecule has 0 aliphatic rings. The number of halogens is 1. The monoisotopic (exact) mass is 315 g/mol. The van der Waals surface area contributed by atoms with E-state index in [1.165, 1.54) is 10.8 Å². The van der Waals surface area contributed by atoms with E-state index in [9.17, 15) is 0 Å². The van der Waals surface area contributed by atoms with Gasteiger partial charge in [-0.1, -0.05) is 40.2 Å². The van der Waals surface area contributed by atoms with E-state index in [-0.39, 0.29) is 0 Å². The van der Waals surface area contributed by atoms with E-state index in [0.29, 0.717) is 0 Å². The van der Waals surface area contributed by atoms with Crippen molar-refractivity contribution in [2.24, 2.45) is 7.05 Å². The molecule has 1 N–H and O–H groups in total. The summed E-state index contributed by atoms with van der Waals surface area (Å²) in [6.07, 6.45) is 2.00. The number of nitrogens with one attached hydrogen (secondary N) is 1. The van der Waals surface area contributed by atoms with Gasteiger partial charge in [-0.25, -0.2) is 4.98 Å². The predicted octanol–water partition coefficient (Wildman–Crippen LogP) is 4.39. The van der Waals surface area contributed by atoms with Crippen LogP contribution in [0.3, 0.4) is 0 Å². The first-order valence-corrected chi connectivity index (χ1v) is 6.88. The summed E-state index contributed by atoms with van der Waals surface area (Å²) in [7, 11) is 1.99. The van der Waals surface area contributed by atoms with Crippen LogP contribution in [-0.4, -0.2) is 9.55 Å².